The van der Waals surface area contributed by atoms with Crippen molar-refractivity contribution >= 4 is 15.8 Å². The highest BCUT2D eigenvalue weighted by molar-refractivity contribution is 7.89. The van der Waals surface area contributed by atoms with Gasteiger partial charge in [0.2, 0.25) is 10.0 Å². The van der Waals surface area contributed by atoms with E-state index in [2.05, 4.69) is 9.71 Å². The molecule has 0 aliphatic carbocycles. The lowest BCUT2D eigenvalue weighted by molar-refractivity contribution is 0.581. The first-order valence-electron chi connectivity index (χ1n) is 5.93. The fraction of sp³-hybridized carbons (Fsp3) is 0.154. The largest absolute Gasteiger partial charge is 0.383 e. The fourth-order valence-corrected chi connectivity index (χ4v) is 2.80. The molecule has 1 heterocycles. The number of rotatable bonds is 5. The van der Waals surface area contributed by atoms with Crippen LogP contribution < -0.4 is 10.5 Å². The molecule has 3 N–H and O–H groups in total. The minimum Gasteiger partial charge on any atom is -0.383 e. The van der Waals surface area contributed by atoms with Gasteiger partial charge in [0.05, 0.1) is 0 Å². The average molecular weight is 295 g/mol. The van der Waals surface area contributed by atoms with E-state index in [1.165, 1.54) is 30.5 Å². The van der Waals surface area contributed by atoms with Crippen molar-refractivity contribution < 1.29 is 12.8 Å². The molecule has 0 atom stereocenters. The van der Waals surface area contributed by atoms with E-state index < -0.39 is 10.0 Å². The van der Waals surface area contributed by atoms with E-state index in [0.29, 0.717) is 6.42 Å². The Kier molecular flexibility index (Phi) is 4.31. The van der Waals surface area contributed by atoms with E-state index in [0.717, 1.165) is 5.56 Å². The molecule has 2 rings (SSSR count). The number of pyridine rings is 1. The molecule has 0 radical (unpaired) electrons. The van der Waals surface area contributed by atoms with E-state index in [9.17, 15) is 12.8 Å². The van der Waals surface area contributed by atoms with Crippen molar-refractivity contribution in [2.75, 3.05) is 12.3 Å². The number of nitrogens with one attached hydrogen (secondary N) is 1. The number of benzene rings is 1. The first-order valence-corrected chi connectivity index (χ1v) is 7.42. The van der Waals surface area contributed by atoms with Crippen LogP contribution in [-0.2, 0) is 16.4 Å². The van der Waals surface area contributed by atoms with Crippen LogP contribution in [-0.4, -0.2) is 19.9 Å². The molecule has 0 aliphatic rings. The van der Waals surface area contributed by atoms with E-state index in [1.54, 1.807) is 12.1 Å². The number of nitrogens with zero attached hydrogens (tertiary/aromatic N) is 1. The van der Waals surface area contributed by atoms with Gasteiger partial charge < -0.3 is 5.73 Å². The first kappa shape index (κ1) is 14.4. The van der Waals surface area contributed by atoms with Gasteiger partial charge in [-0.15, -0.1) is 0 Å². The third-order valence-electron chi connectivity index (χ3n) is 2.71. The van der Waals surface area contributed by atoms with Crippen LogP contribution in [0.4, 0.5) is 10.2 Å². The number of sulfonamides is 1. The summed E-state index contributed by atoms with van der Waals surface area (Å²) < 4.78 is 39.2. The average Bonchev–Trinajstić information content (AvgIpc) is 2.41. The third-order valence-corrected chi connectivity index (χ3v) is 4.22. The molecule has 0 unspecified atom stereocenters. The van der Waals surface area contributed by atoms with Gasteiger partial charge in [-0.05, 0) is 36.2 Å². The van der Waals surface area contributed by atoms with Gasteiger partial charge in [-0.1, -0.05) is 12.1 Å². The number of aromatic nitrogens is 1. The molecule has 106 valence electrons. The molecule has 0 saturated carbocycles. The second-order valence-corrected chi connectivity index (χ2v) is 5.90. The number of hydrogen-bond acceptors (Lipinski definition) is 4. The predicted molar refractivity (Wildman–Crippen MR) is 73.9 cm³/mol. The summed E-state index contributed by atoms with van der Waals surface area (Å²) in [6.45, 7) is 0.197. The van der Waals surface area contributed by atoms with Crippen LogP contribution in [0.2, 0.25) is 0 Å². The predicted octanol–water partition coefficient (Wildman–Crippen LogP) is 1.32. The molecular formula is C13H14FN3O2S. The molecule has 20 heavy (non-hydrogen) atoms. The maximum absolute atomic E-state index is 12.7. The molecule has 0 saturated heterocycles. The summed E-state index contributed by atoms with van der Waals surface area (Å²) in [6.07, 6.45) is 1.88. The van der Waals surface area contributed by atoms with Crippen molar-refractivity contribution in [3.63, 3.8) is 0 Å². The van der Waals surface area contributed by atoms with Crippen LogP contribution >= 0.6 is 0 Å². The van der Waals surface area contributed by atoms with Crippen LogP contribution in [0.1, 0.15) is 5.56 Å². The van der Waals surface area contributed by atoms with Crippen LogP contribution in [0.5, 0.6) is 0 Å². The van der Waals surface area contributed by atoms with Gasteiger partial charge in [-0.2, -0.15) is 0 Å². The summed E-state index contributed by atoms with van der Waals surface area (Å²) in [7, 11) is -3.68. The highest BCUT2D eigenvalue weighted by Crippen LogP contribution is 2.14. The number of halogens is 1. The zero-order valence-electron chi connectivity index (χ0n) is 10.6. The molecular weight excluding hydrogens is 281 g/mol. The molecule has 0 amide bonds. The Hall–Kier alpha value is -1.99. The van der Waals surface area contributed by atoms with E-state index in [1.807, 2.05) is 0 Å². The van der Waals surface area contributed by atoms with Crippen molar-refractivity contribution in [3.8, 4) is 0 Å². The lowest BCUT2D eigenvalue weighted by atomic mass is 10.1. The Morgan fingerprint density at radius 3 is 2.55 bits per heavy atom. The third kappa shape index (κ3) is 3.52. The summed E-state index contributed by atoms with van der Waals surface area (Å²) in [6, 6.07) is 8.80. The first-order chi connectivity index (χ1) is 9.49. The second-order valence-electron chi connectivity index (χ2n) is 4.16. The molecule has 0 aliphatic heterocycles. The Morgan fingerprint density at radius 2 is 1.90 bits per heavy atom. The lowest BCUT2D eigenvalue weighted by Crippen LogP contribution is -2.27. The normalized spacial score (nSPS) is 11.4. The summed E-state index contributed by atoms with van der Waals surface area (Å²) in [5.41, 5.74) is 6.38. The van der Waals surface area contributed by atoms with Crippen molar-refractivity contribution in [3.05, 3.63) is 54.0 Å². The second kappa shape index (κ2) is 5.98. The van der Waals surface area contributed by atoms with Gasteiger partial charge in [0, 0.05) is 12.7 Å². The number of nitrogens with two attached hydrogens (primary N) is 1. The zero-order chi connectivity index (χ0) is 14.6. The molecule has 5 nitrogen and oxygen atoms in total. The lowest BCUT2D eigenvalue weighted by Gasteiger charge is -2.08. The quantitative estimate of drug-likeness (QED) is 0.871. The minimum atomic E-state index is -3.68. The topological polar surface area (TPSA) is 85.1 Å². The van der Waals surface area contributed by atoms with Crippen LogP contribution in [0, 0.1) is 5.82 Å². The van der Waals surface area contributed by atoms with Crippen LogP contribution in [0.25, 0.3) is 0 Å². The zero-order valence-corrected chi connectivity index (χ0v) is 11.4. The molecule has 0 fully saturated rings. The van der Waals surface area contributed by atoms with Crippen LogP contribution in [0.15, 0.2) is 47.5 Å². The summed E-state index contributed by atoms with van der Waals surface area (Å²) in [5.74, 6) is -0.362. The summed E-state index contributed by atoms with van der Waals surface area (Å²) in [5, 5.41) is 0. The number of anilines is 1. The summed E-state index contributed by atoms with van der Waals surface area (Å²) in [4.78, 5) is 3.70. The number of nitrogen functional groups attached to an aromatic ring is 1. The highest BCUT2D eigenvalue weighted by Gasteiger charge is 2.16. The monoisotopic (exact) mass is 295 g/mol. The highest BCUT2D eigenvalue weighted by atomic mass is 32.2. The number of hydrogen-bond donors (Lipinski definition) is 2. The Balaban J connectivity index is 2.00. The molecule has 0 spiro atoms. The van der Waals surface area contributed by atoms with Crippen molar-refractivity contribution in [2.24, 2.45) is 0 Å². The van der Waals surface area contributed by atoms with Crippen molar-refractivity contribution in [1.29, 1.82) is 0 Å². The smallest absolute Gasteiger partial charge is 0.244 e. The molecule has 0 bridgehead atoms. The van der Waals surface area contributed by atoms with Gasteiger partial charge in [0.25, 0.3) is 0 Å². The van der Waals surface area contributed by atoms with Crippen molar-refractivity contribution in [1.82, 2.24) is 9.71 Å². The standard InChI is InChI=1S/C13H14FN3O2S/c14-11-5-3-10(4-6-11)7-9-17-20(18,19)12-2-1-8-16-13(12)15/h1-6,8,17H,7,9H2,(H2,15,16). The van der Waals surface area contributed by atoms with Crippen LogP contribution in [0.3, 0.4) is 0 Å². The van der Waals surface area contributed by atoms with E-state index in [-0.39, 0.29) is 23.1 Å². The SMILES string of the molecule is Nc1ncccc1S(=O)(=O)NCCc1ccc(F)cc1. The fourth-order valence-electron chi connectivity index (χ4n) is 1.69. The maximum atomic E-state index is 12.7. The summed E-state index contributed by atoms with van der Waals surface area (Å²) >= 11 is 0. The Labute approximate surface area is 116 Å². The maximum Gasteiger partial charge on any atom is 0.244 e. The van der Waals surface area contributed by atoms with Gasteiger partial charge >= 0.3 is 0 Å². The molecule has 1 aromatic carbocycles. The minimum absolute atomic E-state index is 0.0400. The van der Waals surface area contributed by atoms with Gasteiger partial charge in [0.1, 0.15) is 16.5 Å². The van der Waals surface area contributed by atoms with E-state index >= 15 is 0 Å². The Morgan fingerprint density at radius 1 is 1.20 bits per heavy atom. The van der Waals surface area contributed by atoms with E-state index in [4.69, 9.17) is 5.73 Å². The molecule has 2 aromatic rings. The molecule has 1 aromatic heterocycles. The van der Waals surface area contributed by atoms with Gasteiger partial charge in [-0.25, -0.2) is 22.5 Å². The van der Waals surface area contributed by atoms with Gasteiger partial charge in [0.15, 0.2) is 0 Å². The molecule has 7 heteroatoms. The van der Waals surface area contributed by atoms with Gasteiger partial charge in [-0.3, -0.25) is 0 Å². The Bertz CT molecular complexity index is 687. The van der Waals surface area contributed by atoms with Crippen molar-refractivity contribution in [2.45, 2.75) is 11.3 Å².